The molecule has 0 bridgehead atoms. The summed E-state index contributed by atoms with van der Waals surface area (Å²) in [5, 5.41) is 7.48. The molecule has 11 aromatic rings. The van der Waals surface area contributed by atoms with Crippen LogP contribution in [0.15, 0.2) is 224 Å². The standard InChI is InChI=1S/C56H37NS/c1-4-19-38(20-5-1)41-35-42(39-21-6-2-7-22-39)37-43(36-41)57(52-33-16-14-27-46(52)50-31-18-32-51-47-28-15-17-34-53(47)58-56(50)51)55-49-30-13-11-26-45(49)44-25-10-12-29-48(44)54(55)40-23-8-3-9-24-40/h1-37H. The van der Waals surface area contributed by atoms with Crippen LogP contribution in [0.25, 0.3) is 86.2 Å². The molecule has 0 amide bonds. The Hall–Kier alpha value is -7.26. The van der Waals surface area contributed by atoms with Crippen LogP contribution in [0, 0.1) is 0 Å². The maximum absolute atomic E-state index is 2.57. The van der Waals surface area contributed by atoms with Gasteiger partial charge >= 0.3 is 0 Å². The lowest BCUT2D eigenvalue weighted by Gasteiger charge is -2.33. The molecule has 2 heteroatoms. The predicted molar refractivity (Wildman–Crippen MR) is 251 cm³/mol. The fraction of sp³-hybridized carbons (Fsp3) is 0. The first-order valence-corrected chi connectivity index (χ1v) is 20.7. The highest BCUT2D eigenvalue weighted by Gasteiger charge is 2.27. The minimum atomic E-state index is 1.09. The molecule has 0 aliphatic carbocycles. The van der Waals surface area contributed by atoms with E-state index in [1.165, 1.54) is 75.1 Å². The molecular weight excluding hydrogens is 719 g/mol. The van der Waals surface area contributed by atoms with Gasteiger partial charge in [0.2, 0.25) is 0 Å². The molecule has 0 spiro atoms. The van der Waals surface area contributed by atoms with Crippen molar-refractivity contribution in [2.75, 3.05) is 4.90 Å². The largest absolute Gasteiger partial charge is 0.309 e. The molecule has 0 aliphatic rings. The van der Waals surface area contributed by atoms with Crippen molar-refractivity contribution in [2.45, 2.75) is 0 Å². The summed E-state index contributed by atoms with van der Waals surface area (Å²) < 4.78 is 2.60. The summed E-state index contributed by atoms with van der Waals surface area (Å²) in [4.78, 5) is 2.57. The monoisotopic (exact) mass is 755 g/mol. The number of anilines is 3. The van der Waals surface area contributed by atoms with E-state index in [1.807, 2.05) is 11.3 Å². The average Bonchev–Trinajstić information content (AvgIpc) is 3.69. The van der Waals surface area contributed by atoms with Crippen molar-refractivity contribution in [3.63, 3.8) is 0 Å². The van der Waals surface area contributed by atoms with Crippen LogP contribution >= 0.6 is 11.3 Å². The van der Waals surface area contributed by atoms with Crippen molar-refractivity contribution in [3.05, 3.63) is 224 Å². The van der Waals surface area contributed by atoms with Crippen LogP contribution in [-0.4, -0.2) is 0 Å². The summed E-state index contributed by atoms with van der Waals surface area (Å²) in [6, 6.07) is 82.1. The number of nitrogens with zero attached hydrogens (tertiary/aromatic N) is 1. The number of fused-ring (bicyclic) bond motifs is 6. The molecule has 0 radical (unpaired) electrons. The van der Waals surface area contributed by atoms with Gasteiger partial charge in [0.25, 0.3) is 0 Å². The van der Waals surface area contributed by atoms with E-state index < -0.39 is 0 Å². The molecule has 272 valence electrons. The molecule has 0 atom stereocenters. The molecule has 1 heterocycles. The van der Waals surface area contributed by atoms with Gasteiger partial charge in [0.1, 0.15) is 0 Å². The van der Waals surface area contributed by atoms with Crippen molar-refractivity contribution in [1.29, 1.82) is 0 Å². The average molecular weight is 756 g/mol. The Balaban J connectivity index is 1.31. The smallest absolute Gasteiger partial charge is 0.0625 e. The van der Waals surface area contributed by atoms with Crippen molar-refractivity contribution in [2.24, 2.45) is 0 Å². The Morgan fingerprint density at radius 2 is 0.793 bits per heavy atom. The molecule has 11 rings (SSSR count). The molecular formula is C56H37NS. The summed E-state index contributed by atoms with van der Waals surface area (Å²) in [7, 11) is 0. The van der Waals surface area contributed by atoms with Crippen LogP contribution in [0.3, 0.4) is 0 Å². The molecule has 1 aromatic heterocycles. The third kappa shape index (κ3) is 5.77. The quantitative estimate of drug-likeness (QED) is 0.146. The number of rotatable bonds is 7. The van der Waals surface area contributed by atoms with Gasteiger partial charge in [-0.3, -0.25) is 0 Å². The molecule has 0 N–H and O–H groups in total. The third-order valence-electron chi connectivity index (χ3n) is 11.4. The number of benzene rings is 10. The minimum absolute atomic E-state index is 1.09. The number of thiophene rings is 1. The van der Waals surface area contributed by atoms with E-state index in [0.717, 1.165) is 28.2 Å². The van der Waals surface area contributed by atoms with Gasteiger partial charge in [-0.1, -0.05) is 194 Å². The lowest BCUT2D eigenvalue weighted by molar-refractivity contribution is 1.30. The second-order valence-electron chi connectivity index (χ2n) is 14.8. The van der Waals surface area contributed by atoms with E-state index in [1.54, 1.807) is 0 Å². The van der Waals surface area contributed by atoms with Crippen LogP contribution in [0.2, 0.25) is 0 Å². The van der Waals surface area contributed by atoms with Gasteiger partial charge in [-0.2, -0.15) is 0 Å². The van der Waals surface area contributed by atoms with Crippen molar-refractivity contribution < 1.29 is 0 Å². The van der Waals surface area contributed by atoms with Gasteiger partial charge < -0.3 is 4.90 Å². The maximum Gasteiger partial charge on any atom is 0.0625 e. The first kappa shape index (κ1) is 34.0. The van der Waals surface area contributed by atoms with Crippen molar-refractivity contribution in [3.8, 4) is 44.5 Å². The van der Waals surface area contributed by atoms with Gasteiger partial charge in [-0.15, -0.1) is 11.3 Å². The van der Waals surface area contributed by atoms with Crippen LogP contribution in [0.4, 0.5) is 17.1 Å². The first-order chi connectivity index (χ1) is 28.8. The van der Waals surface area contributed by atoms with E-state index in [2.05, 4.69) is 229 Å². The molecule has 0 saturated carbocycles. The Labute approximate surface area is 342 Å². The number of para-hydroxylation sites is 1. The Bertz CT molecular complexity index is 3220. The van der Waals surface area contributed by atoms with Crippen LogP contribution in [0.5, 0.6) is 0 Å². The van der Waals surface area contributed by atoms with Gasteiger partial charge in [-0.25, -0.2) is 0 Å². The lowest BCUT2D eigenvalue weighted by atomic mass is 9.89. The summed E-state index contributed by atoms with van der Waals surface area (Å²) >= 11 is 1.88. The lowest BCUT2D eigenvalue weighted by Crippen LogP contribution is -2.14. The second-order valence-corrected chi connectivity index (χ2v) is 15.9. The fourth-order valence-electron chi connectivity index (χ4n) is 8.83. The van der Waals surface area contributed by atoms with Crippen molar-refractivity contribution in [1.82, 2.24) is 0 Å². The summed E-state index contributed by atoms with van der Waals surface area (Å²) in [5.41, 5.74) is 12.8. The molecule has 58 heavy (non-hydrogen) atoms. The van der Waals surface area contributed by atoms with Crippen LogP contribution in [-0.2, 0) is 0 Å². The number of hydrogen-bond acceptors (Lipinski definition) is 2. The highest BCUT2D eigenvalue weighted by Crippen LogP contribution is 2.53. The zero-order valence-electron chi connectivity index (χ0n) is 31.7. The molecule has 0 saturated heterocycles. The molecule has 0 aliphatic heterocycles. The second kappa shape index (κ2) is 14.4. The van der Waals surface area contributed by atoms with Gasteiger partial charge in [0.15, 0.2) is 0 Å². The van der Waals surface area contributed by atoms with Gasteiger partial charge in [-0.05, 0) is 74.3 Å². The van der Waals surface area contributed by atoms with Gasteiger partial charge in [0, 0.05) is 47.9 Å². The summed E-state index contributed by atoms with van der Waals surface area (Å²) in [6.45, 7) is 0. The highest BCUT2D eigenvalue weighted by molar-refractivity contribution is 7.26. The summed E-state index contributed by atoms with van der Waals surface area (Å²) in [6.07, 6.45) is 0. The fourth-order valence-corrected chi connectivity index (χ4v) is 10.1. The van der Waals surface area contributed by atoms with Gasteiger partial charge in [0.05, 0.1) is 11.4 Å². The Kier molecular flexibility index (Phi) is 8.42. The van der Waals surface area contributed by atoms with Crippen LogP contribution in [0.1, 0.15) is 0 Å². The molecule has 0 fully saturated rings. The number of hydrogen-bond donors (Lipinski definition) is 0. The maximum atomic E-state index is 2.57. The molecule has 0 unspecified atom stereocenters. The van der Waals surface area contributed by atoms with Crippen LogP contribution < -0.4 is 4.90 Å². The van der Waals surface area contributed by atoms with E-state index >= 15 is 0 Å². The topological polar surface area (TPSA) is 3.24 Å². The van der Waals surface area contributed by atoms with E-state index in [4.69, 9.17) is 0 Å². The summed E-state index contributed by atoms with van der Waals surface area (Å²) in [5.74, 6) is 0. The normalized spacial score (nSPS) is 11.4. The SMILES string of the molecule is c1ccc(-c2cc(-c3ccccc3)cc(N(c3ccccc3-c3cccc4c3sc3ccccc34)c3c(-c4ccccc4)c4ccccc4c4ccccc34)c2)cc1. The highest BCUT2D eigenvalue weighted by atomic mass is 32.1. The Morgan fingerprint density at radius 1 is 0.310 bits per heavy atom. The van der Waals surface area contributed by atoms with E-state index in [-0.39, 0.29) is 0 Å². The Morgan fingerprint density at radius 3 is 1.47 bits per heavy atom. The minimum Gasteiger partial charge on any atom is -0.309 e. The predicted octanol–water partition coefficient (Wildman–Crippen LogP) is 16.5. The molecule has 1 nitrogen and oxygen atoms in total. The third-order valence-corrected chi connectivity index (χ3v) is 12.6. The molecule has 10 aromatic carbocycles. The van der Waals surface area contributed by atoms with E-state index in [9.17, 15) is 0 Å². The van der Waals surface area contributed by atoms with E-state index in [0.29, 0.717) is 0 Å². The zero-order chi connectivity index (χ0) is 38.4. The van der Waals surface area contributed by atoms with Crippen molar-refractivity contribution >= 4 is 70.1 Å². The first-order valence-electron chi connectivity index (χ1n) is 19.8. The zero-order valence-corrected chi connectivity index (χ0v) is 32.5.